The number of aromatic nitrogens is 5. The molecule has 2 aromatic rings. The Morgan fingerprint density at radius 1 is 1.56 bits per heavy atom. The number of ether oxygens (including phenoxy) is 1. The Kier molecular flexibility index (Phi) is 3.72. The second kappa shape index (κ2) is 5.45. The summed E-state index contributed by atoms with van der Waals surface area (Å²) < 4.78 is 6.18. The van der Waals surface area contributed by atoms with Crippen molar-refractivity contribution >= 4 is 17.7 Å². The molecule has 0 unspecified atom stereocenters. The van der Waals surface area contributed by atoms with Crippen molar-refractivity contribution in [2.45, 2.75) is 16.7 Å². The molecule has 0 atom stereocenters. The number of hydrogen-bond donors (Lipinski definition) is 1. The molecule has 8 nitrogen and oxygen atoms in total. The summed E-state index contributed by atoms with van der Waals surface area (Å²) in [5.41, 5.74) is 0. The highest BCUT2D eigenvalue weighted by Gasteiger charge is 2.11. The van der Waals surface area contributed by atoms with Crippen LogP contribution in [-0.4, -0.2) is 43.4 Å². The van der Waals surface area contributed by atoms with E-state index in [0.29, 0.717) is 16.1 Å². The lowest BCUT2D eigenvalue weighted by atomic mass is 10.5. The van der Waals surface area contributed by atoms with Crippen LogP contribution in [0.25, 0.3) is 0 Å². The number of rotatable bonds is 5. The number of aliphatic carboxylic acids is 1. The molecule has 0 saturated heterocycles. The van der Waals surface area contributed by atoms with Gasteiger partial charge in [0.05, 0.1) is 7.11 Å². The molecule has 0 radical (unpaired) electrons. The van der Waals surface area contributed by atoms with E-state index in [9.17, 15) is 4.79 Å². The van der Waals surface area contributed by atoms with Gasteiger partial charge in [0.15, 0.2) is 0 Å². The molecule has 0 saturated carbocycles. The Bertz CT molecular complexity index is 559. The van der Waals surface area contributed by atoms with Gasteiger partial charge in [-0.2, -0.15) is 0 Å². The van der Waals surface area contributed by atoms with Gasteiger partial charge < -0.3 is 9.84 Å². The van der Waals surface area contributed by atoms with E-state index >= 15 is 0 Å². The van der Waals surface area contributed by atoms with Crippen molar-refractivity contribution in [1.29, 1.82) is 0 Å². The molecule has 18 heavy (non-hydrogen) atoms. The van der Waals surface area contributed by atoms with E-state index in [2.05, 4.69) is 20.5 Å². The number of pyridine rings is 1. The number of nitrogens with zero attached hydrogens (tertiary/aromatic N) is 5. The molecule has 2 heterocycles. The van der Waals surface area contributed by atoms with Gasteiger partial charge in [-0.3, -0.25) is 4.79 Å². The fourth-order valence-corrected chi connectivity index (χ4v) is 1.91. The van der Waals surface area contributed by atoms with Gasteiger partial charge in [0.25, 0.3) is 0 Å². The quantitative estimate of drug-likeness (QED) is 0.825. The van der Waals surface area contributed by atoms with Crippen LogP contribution in [0.5, 0.6) is 5.88 Å². The van der Waals surface area contributed by atoms with Gasteiger partial charge in [-0.15, -0.1) is 5.10 Å². The molecule has 0 aliphatic heterocycles. The maximum absolute atomic E-state index is 10.6. The van der Waals surface area contributed by atoms with Gasteiger partial charge in [0.1, 0.15) is 11.6 Å². The summed E-state index contributed by atoms with van der Waals surface area (Å²) in [6, 6.07) is 5.25. The topological polar surface area (TPSA) is 103 Å². The van der Waals surface area contributed by atoms with E-state index in [1.807, 2.05) is 0 Å². The van der Waals surface area contributed by atoms with Crippen LogP contribution in [0.2, 0.25) is 0 Å². The average molecular weight is 267 g/mol. The van der Waals surface area contributed by atoms with Crippen LogP contribution in [0.1, 0.15) is 0 Å². The molecule has 0 amide bonds. The zero-order valence-corrected chi connectivity index (χ0v) is 10.2. The summed E-state index contributed by atoms with van der Waals surface area (Å²) >= 11 is 1.16. The minimum Gasteiger partial charge on any atom is -0.481 e. The Morgan fingerprint density at radius 3 is 3.11 bits per heavy atom. The molecule has 0 spiro atoms. The highest BCUT2D eigenvalue weighted by molar-refractivity contribution is 7.99. The van der Waals surface area contributed by atoms with Gasteiger partial charge in [-0.05, 0) is 28.3 Å². The van der Waals surface area contributed by atoms with Crippen molar-refractivity contribution in [1.82, 2.24) is 25.2 Å². The summed E-state index contributed by atoms with van der Waals surface area (Å²) in [5, 5.41) is 20.4. The zero-order chi connectivity index (χ0) is 13.0. The third kappa shape index (κ3) is 2.94. The molecule has 2 rings (SSSR count). The monoisotopic (exact) mass is 267 g/mol. The Balaban J connectivity index is 2.17. The van der Waals surface area contributed by atoms with Gasteiger partial charge in [-0.1, -0.05) is 6.07 Å². The molecule has 1 N–H and O–H groups in total. The van der Waals surface area contributed by atoms with Crippen LogP contribution >= 0.6 is 11.8 Å². The number of carboxylic acids is 1. The molecular formula is C9H9N5O3S. The lowest BCUT2D eigenvalue weighted by molar-refractivity contribution is -0.138. The highest BCUT2D eigenvalue weighted by atomic mass is 32.2. The number of methoxy groups -OCH3 is 1. The first-order chi connectivity index (χ1) is 8.69. The van der Waals surface area contributed by atoms with Gasteiger partial charge in [-0.25, -0.2) is 9.67 Å². The van der Waals surface area contributed by atoms with Crippen LogP contribution in [0.15, 0.2) is 28.4 Å². The minimum absolute atomic E-state index is 0.292. The Hall–Kier alpha value is -2.16. The molecule has 94 valence electrons. The molecule has 0 bridgehead atoms. The smallest absolute Gasteiger partial charge is 0.325 e. The largest absolute Gasteiger partial charge is 0.481 e. The summed E-state index contributed by atoms with van der Waals surface area (Å²) in [5.74, 6) is -0.542. The van der Waals surface area contributed by atoms with E-state index in [0.717, 1.165) is 11.8 Å². The first kappa shape index (κ1) is 12.3. The van der Waals surface area contributed by atoms with Crippen LogP contribution in [0.4, 0.5) is 0 Å². The van der Waals surface area contributed by atoms with Crippen LogP contribution < -0.4 is 4.74 Å². The number of carboxylic acid groups (broad SMARTS) is 1. The van der Waals surface area contributed by atoms with Crippen molar-refractivity contribution in [3.8, 4) is 5.88 Å². The summed E-state index contributed by atoms with van der Waals surface area (Å²) in [6.07, 6.45) is 0. The summed E-state index contributed by atoms with van der Waals surface area (Å²) in [4.78, 5) is 14.8. The van der Waals surface area contributed by atoms with Gasteiger partial charge in [0.2, 0.25) is 11.0 Å². The van der Waals surface area contributed by atoms with Crippen molar-refractivity contribution in [2.24, 2.45) is 0 Å². The molecule has 0 aliphatic rings. The number of hydrogen-bond acceptors (Lipinski definition) is 7. The average Bonchev–Trinajstić information content (AvgIpc) is 2.76. The molecule has 0 aliphatic carbocycles. The lowest BCUT2D eigenvalue weighted by Crippen LogP contribution is -2.11. The van der Waals surface area contributed by atoms with Crippen LogP contribution in [0.3, 0.4) is 0 Å². The predicted octanol–water partition coefficient (Wildman–Crippen LogP) is 0.312. The van der Waals surface area contributed by atoms with E-state index in [4.69, 9.17) is 9.84 Å². The second-order valence-corrected chi connectivity index (χ2v) is 4.12. The van der Waals surface area contributed by atoms with E-state index in [-0.39, 0.29) is 6.54 Å². The van der Waals surface area contributed by atoms with Crippen molar-refractivity contribution in [3.05, 3.63) is 18.2 Å². The van der Waals surface area contributed by atoms with Crippen molar-refractivity contribution in [2.75, 3.05) is 7.11 Å². The molecule has 2 aromatic heterocycles. The number of carbonyl (C=O) groups is 1. The SMILES string of the molecule is COc1cccc(Sc2nnnn2CC(=O)O)n1. The normalized spacial score (nSPS) is 10.3. The first-order valence-electron chi connectivity index (χ1n) is 4.86. The summed E-state index contributed by atoms with van der Waals surface area (Å²) in [6.45, 7) is -0.292. The van der Waals surface area contributed by atoms with Crippen LogP contribution in [0, 0.1) is 0 Å². The Labute approximate surface area is 106 Å². The number of tetrazole rings is 1. The van der Waals surface area contributed by atoms with Crippen molar-refractivity contribution in [3.63, 3.8) is 0 Å². The fraction of sp³-hybridized carbons (Fsp3) is 0.222. The van der Waals surface area contributed by atoms with E-state index < -0.39 is 5.97 Å². The molecule has 0 aromatic carbocycles. The van der Waals surface area contributed by atoms with Gasteiger partial charge >= 0.3 is 5.97 Å². The molecule has 0 fully saturated rings. The first-order valence-corrected chi connectivity index (χ1v) is 5.67. The standard InChI is InChI=1S/C9H9N5O3S/c1-17-6-3-2-4-7(10-6)18-9-11-12-13-14(9)5-8(15)16/h2-4H,5H2,1H3,(H,15,16). The van der Waals surface area contributed by atoms with Crippen LogP contribution in [-0.2, 0) is 11.3 Å². The third-order valence-corrected chi connectivity index (χ3v) is 2.80. The van der Waals surface area contributed by atoms with Crippen molar-refractivity contribution < 1.29 is 14.6 Å². The lowest BCUT2D eigenvalue weighted by Gasteiger charge is -2.02. The highest BCUT2D eigenvalue weighted by Crippen LogP contribution is 2.24. The summed E-state index contributed by atoms with van der Waals surface area (Å²) in [7, 11) is 1.52. The van der Waals surface area contributed by atoms with E-state index in [1.54, 1.807) is 18.2 Å². The minimum atomic E-state index is -1.01. The van der Waals surface area contributed by atoms with Gasteiger partial charge in [0, 0.05) is 6.07 Å². The maximum Gasteiger partial charge on any atom is 0.325 e. The molecular weight excluding hydrogens is 258 g/mol. The zero-order valence-electron chi connectivity index (χ0n) is 9.35. The Morgan fingerprint density at radius 2 is 2.39 bits per heavy atom. The fourth-order valence-electron chi connectivity index (χ4n) is 1.16. The second-order valence-electron chi connectivity index (χ2n) is 3.13. The molecule has 9 heteroatoms. The third-order valence-electron chi connectivity index (χ3n) is 1.89. The maximum atomic E-state index is 10.6. The predicted molar refractivity (Wildman–Crippen MR) is 60.4 cm³/mol. The van der Waals surface area contributed by atoms with E-state index in [1.165, 1.54) is 11.8 Å².